The fourth-order valence-electron chi connectivity index (χ4n) is 2.75. The van der Waals surface area contributed by atoms with Gasteiger partial charge < -0.3 is 0 Å². The van der Waals surface area contributed by atoms with E-state index >= 15 is 0 Å². The highest BCUT2D eigenvalue weighted by Gasteiger charge is 2.15. The van der Waals surface area contributed by atoms with Gasteiger partial charge in [-0.3, -0.25) is 4.68 Å². The van der Waals surface area contributed by atoms with Crippen LogP contribution < -0.4 is 0 Å². The average molecular weight is 392 g/mol. The van der Waals surface area contributed by atoms with Gasteiger partial charge in [-0.05, 0) is 43.2 Å². The van der Waals surface area contributed by atoms with Crippen LogP contribution in [0.3, 0.4) is 0 Å². The summed E-state index contributed by atoms with van der Waals surface area (Å²) in [5.41, 5.74) is 5.16. The van der Waals surface area contributed by atoms with Crippen molar-refractivity contribution in [2.24, 2.45) is 0 Å². The standard InChI is InChI=1S/C18H13Cl3N4/c1-10-17(13-3-4-14(7-22)15(19)6-13)11(2)25(24-10)9-12-5-16(20)18(21)23-8-12/h3-6,8H,9H2,1-2H3. The highest BCUT2D eigenvalue weighted by atomic mass is 35.5. The highest BCUT2D eigenvalue weighted by Crippen LogP contribution is 2.31. The van der Waals surface area contributed by atoms with Crippen molar-refractivity contribution in [1.29, 1.82) is 5.26 Å². The van der Waals surface area contributed by atoms with Crippen molar-refractivity contribution >= 4 is 34.8 Å². The lowest BCUT2D eigenvalue weighted by atomic mass is 10.0. The van der Waals surface area contributed by atoms with Crippen LogP contribution in [-0.4, -0.2) is 14.8 Å². The molecule has 0 saturated carbocycles. The van der Waals surface area contributed by atoms with Gasteiger partial charge in [0.05, 0.1) is 27.8 Å². The first-order valence-electron chi connectivity index (χ1n) is 7.44. The second-order valence-corrected chi connectivity index (χ2v) is 6.80. The van der Waals surface area contributed by atoms with Crippen LogP contribution >= 0.6 is 34.8 Å². The highest BCUT2D eigenvalue weighted by molar-refractivity contribution is 6.41. The predicted molar refractivity (Wildman–Crippen MR) is 100 cm³/mol. The van der Waals surface area contributed by atoms with E-state index in [-0.39, 0.29) is 5.15 Å². The number of aromatic nitrogens is 3. The SMILES string of the molecule is Cc1nn(Cc2cnc(Cl)c(Cl)c2)c(C)c1-c1ccc(C#N)c(Cl)c1. The molecule has 3 aromatic rings. The second kappa shape index (κ2) is 7.05. The van der Waals surface area contributed by atoms with E-state index in [1.807, 2.05) is 24.6 Å². The molecule has 0 atom stereocenters. The minimum absolute atomic E-state index is 0.284. The molecule has 7 heteroatoms. The number of pyridine rings is 1. The zero-order valence-corrected chi connectivity index (χ0v) is 15.8. The fourth-order valence-corrected chi connectivity index (χ4v) is 3.27. The molecule has 0 N–H and O–H groups in total. The molecule has 4 nitrogen and oxygen atoms in total. The molecule has 0 aliphatic rings. The maximum atomic E-state index is 9.02. The first kappa shape index (κ1) is 17.8. The summed E-state index contributed by atoms with van der Waals surface area (Å²) >= 11 is 18.1. The minimum atomic E-state index is 0.284. The Labute approximate surface area is 160 Å². The van der Waals surface area contributed by atoms with Crippen LogP contribution in [0.15, 0.2) is 30.5 Å². The Kier molecular flexibility index (Phi) is 5.01. The van der Waals surface area contributed by atoms with Crippen LogP contribution in [0, 0.1) is 25.2 Å². The molecule has 0 amide bonds. The number of halogens is 3. The number of hydrogen-bond acceptors (Lipinski definition) is 3. The van der Waals surface area contributed by atoms with Gasteiger partial charge in [0.1, 0.15) is 11.2 Å². The Hall–Kier alpha value is -2.06. The van der Waals surface area contributed by atoms with Gasteiger partial charge in [0.2, 0.25) is 0 Å². The zero-order valence-electron chi connectivity index (χ0n) is 13.5. The van der Waals surface area contributed by atoms with E-state index in [2.05, 4.69) is 16.2 Å². The van der Waals surface area contributed by atoms with E-state index in [1.165, 1.54) is 0 Å². The number of hydrogen-bond donors (Lipinski definition) is 0. The largest absolute Gasteiger partial charge is 0.264 e. The molecule has 0 spiro atoms. The van der Waals surface area contributed by atoms with Crippen molar-refractivity contribution < 1.29 is 0 Å². The molecular weight excluding hydrogens is 379 g/mol. The average Bonchev–Trinajstić information content (AvgIpc) is 2.85. The van der Waals surface area contributed by atoms with Gasteiger partial charge in [-0.1, -0.05) is 40.9 Å². The second-order valence-electron chi connectivity index (χ2n) is 5.63. The van der Waals surface area contributed by atoms with Gasteiger partial charge in [-0.15, -0.1) is 0 Å². The summed E-state index contributed by atoms with van der Waals surface area (Å²) in [6.45, 7) is 4.46. The van der Waals surface area contributed by atoms with Crippen LogP contribution in [0.4, 0.5) is 0 Å². The van der Waals surface area contributed by atoms with Crippen LogP contribution in [0.2, 0.25) is 15.2 Å². The summed E-state index contributed by atoms with van der Waals surface area (Å²) in [5.74, 6) is 0. The molecule has 0 aliphatic carbocycles. The number of aryl methyl sites for hydroxylation is 1. The minimum Gasteiger partial charge on any atom is -0.264 e. The molecule has 0 radical (unpaired) electrons. The topological polar surface area (TPSA) is 54.5 Å². The van der Waals surface area contributed by atoms with Crippen molar-refractivity contribution in [1.82, 2.24) is 14.8 Å². The lowest BCUT2D eigenvalue weighted by Gasteiger charge is -2.07. The first-order chi connectivity index (χ1) is 11.9. The molecule has 126 valence electrons. The molecular formula is C18H13Cl3N4. The van der Waals surface area contributed by atoms with Gasteiger partial charge in [0.25, 0.3) is 0 Å². The smallest absolute Gasteiger partial charge is 0.147 e. The number of nitrogens with zero attached hydrogens (tertiary/aromatic N) is 4. The monoisotopic (exact) mass is 390 g/mol. The lowest BCUT2D eigenvalue weighted by molar-refractivity contribution is 0.657. The van der Waals surface area contributed by atoms with Crippen molar-refractivity contribution in [3.05, 3.63) is 68.2 Å². The maximum absolute atomic E-state index is 9.02. The Balaban J connectivity index is 2.00. The molecule has 0 saturated heterocycles. The van der Waals surface area contributed by atoms with Gasteiger partial charge >= 0.3 is 0 Å². The Morgan fingerprint density at radius 2 is 1.88 bits per heavy atom. The lowest BCUT2D eigenvalue weighted by Crippen LogP contribution is -2.04. The van der Waals surface area contributed by atoms with Crippen LogP contribution in [0.25, 0.3) is 11.1 Å². The van der Waals surface area contributed by atoms with Gasteiger partial charge in [-0.2, -0.15) is 10.4 Å². The summed E-state index contributed by atoms with van der Waals surface area (Å²) in [7, 11) is 0. The fraction of sp³-hybridized carbons (Fsp3) is 0.167. The summed E-state index contributed by atoms with van der Waals surface area (Å²) < 4.78 is 1.89. The first-order valence-corrected chi connectivity index (χ1v) is 8.58. The summed E-state index contributed by atoms with van der Waals surface area (Å²) in [4.78, 5) is 4.07. The Morgan fingerprint density at radius 1 is 1.12 bits per heavy atom. The third kappa shape index (κ3) is 3.50. The van der Waals surface area contributed by atoms with E-state index in [0.29, 0.717) is 22.2 Å². The molecule has 0 unspecified atom stereocenters. The molecule has 0 bridgehead atoms. The van der Waals surface area contributed by atoms with Crippen molar-refractivity contribution in [3.8, 4) is 17.2 Å². The van der Waals surface area contributed by atoms with Crippen LogP contribution in [0.5, 0.6) is 0 Å². The molecule has 0 fully saturated rings. The third-order valence-electron chi connectivity index (χ3n) is 3.94. The van der Waals surface area contributed by atoms with E-state index in [4.69, 9.17) is 40.1 Å². The molecule has 2 aromatic heterocycles. The van der Waals surface area contributed by atoms with E-state index in [1.54, 1.807) is 24.4 Å². The van der Waals surface area contributed by atoms with Gasteiger partial charge in [0.15, 0.2) is 0 Å². The van der Waals surface area contributed by atoms with Gasteiger partial charge in [0, 0.05) is 17.5 Å². The maximum Gasteiger partial charge on any atom is 0.147 e. The van der Waals surface area contributed by atoms with Crippen LogP contribution in [0.1, 0.15) is 22.5 Å². The molecule has 25 heavy (non-hydrogen) atoms. The number of nitriles is 1. The molecule has 2 heterocycles. The summed E-state index contributed by atoms with van der Waals surface area (Å²) in [6.07, 6.45) is 1.68. The molecule has 3 rings (SSSR count). The van der Waals surface area contributed by atoms with E-state index in [0.717, 1.165) is 28.1 Å². The summed E-state index contributed by atoms with van der Waals surface area (Å²) in [6, 6.07) is 9.25. The molecule has 0 aliphatic heterocycles. The quantitative estimate of drug-likeness (QED) is 0.558. The number of benzene rings is 1. The third-order valence-corrected chi connectivity index (χ3v) is 4.94. The predicted octanol–water partition coefficient (Wildman–Crippen LogP) is 5.44. The van der Waals surface area contributed by atoms with Crippen molar-refractivity contribution in [2.45, 2.75) is 20.4 Å². The van der Waals surface area contributed by atoms with Crippen molar-refractivity contribution in [2.75, 3.05) is 0 Å². The zero-order chi connectivity index (χ0) is 18.1. The van der Waals surface area contributed by atoms with Crippen molar-refractivity contribution in [3.63, 3.8) is 0 Å². The normalized spacial score (nSPS) is 10.7. The van der Waals surface area contributed by atoms with Crippen LogP contribution in [-0.2, 0) is 6.54 Å². The van der Waals surface area contributed by atoms with Gasteiger partial charge in [-0.25, -0.2) is 4.98 Å². The Morgan fingerprint density at radius 3 is 2.52 bits per heavy atom. The molecule has 1 aromatic carbocycles. The Bertz CT molecular complexity index is 1000. The van der Waals surface area contributed by atoms with E-state index < -0.39 is 0 Å². The van der Waals surface area contributed by atoms with E-state index in [9.17, 15) is 0 Å². The number of rotatable bonds is 3. The summed E-state index contributed by atoms with van der Waals surface area (Å²) in [5, 5.41) is 14.8.